The number of fused-ring (bicyclic) bond motifs is 1. The van der Waals surface area contributed by atoms with E-state index in [1.54, 1.807) is 6.26 Å². The minimum atomic E-state index is 0.896. The maximum Gasteiger partial charge on any atom is 0.148 e. The largest absolute Gasteiger partial charge is 0.463 e. The standard InChI is InChI=1S/C8H4Br2O/c9-6-3-5-1-2-11-8(5)7(10)4-6/h1-4H. The van der Waals surface area contributed by atoms with Crippen molar-refractivity contribution in [1.29, 1.82) is 0 Å². The average molecular weight is 276 g/mol. The SMILES string of the molecule is Brc1cc(Br)c2occc2c1. The molecule has 0 aliphatic rings. The lowest BCUT2D eigenvalue weighted by Crippen LogP contribution is -1.68. The molecule has 2 aromatic rings. The predicted octanol–water partition coefficient (Wildman–Crippen LogP) is 3.96. The first-order valence-corrected chi connectivity index (χ1v) is 4.68. The van der Waals surface area contributed by atoms with E-state index in [1.165, 1.54) is 0 Å². The molecule has 0 N–H and O–H groups in total. The molecule has 0 radical (unpaired) electrons. The van der Waals surface area contributed by atoms with Crippen molar-refractivity contribution in [2.24, 2.45) is 0 Å². The Kier molecular flexibility index (Phi) is 1.77. The molecule has 1 heterocycles. The fourth-order valence-corrected chi connectivity index (χ4v) is 2.36. The molecule has 2 rings (SSSR count). The van der Waals surface area contributed by atoms with Gasteiger partial charge in [-0.25, -0.2) is 0 Å². The molecule has 0 amide bonds. The second-order valence-corrected chi connectivity index (χ2v) is 4.00. The van der Waals surface area contributed by atoms with Gasteiger partial charge in [-0.15, -0.1) is 0 Å². The Morgan fingerprint density at radius 2 is 2.00 bits per heavy atom. The van der Waals surface area contributed by atoms with E-state index >= 15 is 0 Å². The van der Waals surface area contributed by atoms with E-state index in [4.69, 9.17) is 4.42 Å². The predicted molar refractivity (Wildman–Crippen MR) is 51.6 cm³/mol. The highest BCUT2D eigenvalue weighted by molar-refractivity contribution is 9.11. The summed E-state index contributed by atoms with van der Waals surface area (Å²) in [6, 6.07) is 5.92. The number of furan rings is 1. The Labute approximate surface area is 80.6 Å². The van der Waals surface area contributed by atoms with Crippen molar-refractivity contribution in [3.8, 4) is 0 Å². The van der Waals surface area contributed by atoms with Crippen molar-refractivity contribution in [1.82, 2.24) is 0 Å². The van der Waals surface area contributed by atoms with E-state index in [0.29, 0.717) is 0 Å². The molecule has 0 unspecified atom stereocenters. The fraction of sp³-hybridized carbons (Fsp3) is 0. The Balaban J connectivity index is 2.91. The van der Waals surface area contributed by atoms with Crippen molar-refractivity contribution < 1.29 is 4.42 Å². The summed E-state index contributed by atoms with van der Waals surface area (Å²) >= 11 is 6.80. The van der Waals surface area contributed by atoms with Crippen molar-refractivity contribution in [2.75, 3.05) is 0 Å². The molecule has 0 saturated carbocycles. The van der Waals surface area contributed by atoms with Crippen LogP contribution < -0.4 is 0 Å². The molecule has 0 bridgehead atoms. The molecular formula is C8H4Br2O. The Morgan fingerprint density at radius 3 is 2.82 bits per heavy atom. The number of benzene rings is 1. The van der Waals surface area contributed by atoms with Crippen LogP contribution in [0.1, 0.15) is 0 Å². The van der Waals surface area contributed by atoms with E-state index in [2.05, 4.69) is 31.9 Å². The first-order valence-electron chi connectivity index (χ1n) is 3.09. The van der Waals surface area contributed by atoms with Gasteiger partial charge in [0.05, 0.1) is 10.7 Å². The monoisotopic (exact) mass is 274 g/mol. The van der Waals surface area contributed by atoms with Crippen molar-refractivity contribution in [3.63, 3.8) is 0 Å². The molecule has 0 saturated heterocycles. The third-order valence-electron chi connectivity index (χ3n) is 1.47. The van der Waals surface area contributed by atoms with E-state index in [9.17, 15) is 0 Å². The molecule has 1 aromatic heterocycles. The molecule has 0 spiro atoms. The van der Waals surface area contributed by atoms with Gasteiger partial charge < -0.3 is 4.42 Å². The van der Waals surface area contributed by atoms with Gasteiger partial charge in [0, 0.05) is 9.86 Å². The van der Waals surface area contributed by atoms with Crippen LogP contribution in [-0.2, 0) is 0 Å². The van der Waals surface area contributed by atoms with Gasteiger partial charge in [-0.3, -0.25) is 0 Å². The van der Waals surface area contributed by atoms with Crippen molar-refractivity contribution in [3.05, 3.63) is 33.4 Å². The highest BCUT2D eigenvalue weighted by Gasteiger charge is 2.02. The molecule has 0 atom stereocenters. The van der Waals surface area contributed by atoms with Gasteiger partial charge in [0.15, 0.2) is 0 Å². The highest BCUT2D eigenvalue weighted by atomic mass is 79.9. The van der Waals surface area contributed by atoms with Crippen LogP contribution in [0.2, 0.25) is 0 Å². The number of hydrogen-bond acceptors (Lipinski definition) is 1. The lowest BCUT2D eigenvalue weighted by atomic mass is 10.3. The average Bonchev–Trinajstić information content (AvgIpc) is 2.34. The first-order chi connectivity index (χ1) is 5.27. The van der Waals surface area contributed by atoms with Gasteiger partial charge in [-0.1, -0.05) is 15.9 Å². The second-order valence-electron chi connectivity index (χ2n) is 2.23. The summed E-state index contributed by atoms with van der Waals surface area (Å²) < 4.78 is 7.27. The summed E-state index contributed by atoms with van der Waals surface area (Å²) in [5.74, 6) is 0. The summed E-state index contributed by atoms with van der Waals surface area (Å²) in [7, 11) is 0. The molecule has 0 aliphatic heterocycles. The highest BCUT2D eigenvalue weighted by Crippen LogP contribution is 2.28. The summed E-state index contributed by atoms with van der Waals surface area (Å²) in [6.07, 6.45) is 1.68. The number of hydrogen-bond donors (Lipinski definition) is 0. The van der Waals surface area contributed by atoms with Crippen LogP contribution in [-0.4, -0.2) is 0 Å². The van der Waals surface area contributed by atoms with Crippen molar-refractivity contribution in [2.45, 2.75) is 0 Å². The van der Waals surface area contributed by atoms with Gasteiger partial charge in [0.1, 0.15) is 5.58 Å². The maximum atomic E-state index is 5.24. The summed E-state index contributed by atoms with van der Waals surface area (Å²) in [5, 5.41) is 1.10. The normalized spacial score (nSPS) is 10.7. The zero-order chi connectivity index (χ0) is 7.84. The van der Waals surface area contributed by atoms with Crippen LogP contribution in [0.4, 0.5) is 0 Å². The van der Waals surface area contributed by atoms with E-state index < -0.39 is 0 Å². The lowest BCUT2D eigenvalue weighted by molar-refractivity contribution is 0.614. The number of halogens is 2. The molecule has 3 heteroatoms. The van der Waals surface area contributed by atoms with Gasteiger partial charge in [0.25, 0.3) is 0 Å². The summed E-state index contributed by atoms with van der Waals surface area (Å²) in [5.41, 5.74) is 0.896. The Morgan fingerprint density at radius 1 is 1.18 bits per heavy atom. The van der Waals surface area contributed by atoms with Crippen molar-refractivity contribution >= 4 is 42.8 Å². The van der Waals surface area contributed by atoms with E-state index in [-0.39, 0.29) is 0 Å². The summed E-state index contributed by atoms with van der Waals surface area (Å²) in [6.45, 7) is 0. The van der Waals surface area contributed by atoms with Crippen LogP contribution in [0, 0.1) is 0 Å². The minimum Gasteiger partial charge on any atom is -0.463 e. The van der Waals surface area contributed by atoms with Gasteiger partial charge in [-0.2, -0.15) is 0 Å². The van der Waals surface area contributed by atoms with Crippen LogP contribution in [0.25, 0.3) is 11.0 Å². The van der Waals surface area contributed by atoms with Gasteiger partial charge in [0.2, 0.25) is 0 Å². The number of rotatable bonds is 0. The zero-order valence-electron chi connectivity index (χ0n) is 5.47. The zero-order valence-corrected chi connectivity index (χ0v) is 8.65. The molecule has 0 aliphatic carbocycles. The van der Waals surface area contributed by atoms with Gasteiger partial charge >= 0.3 is 0 Å². The quantitative estimate of drug-likeness (QED) is 0.709. The maximum absolute atomic E-state index is 5.24. The van der Waals surface area contributed by atoms with Crippen LogP contribution >= 0.6 is 31.9 Å². The molecule has 11 heavy (non-hydrogen) atoms. The van der Waals surface area contributed by atoms with E-state index in [1.807, 2.05) is 18.2 Å². The molecule has 1 aromatic carbocycles. The minimum absolute atomic E-state index is 0.896. The topological polar surface area (TPSA) is 13.1 Å². The molecule has 0 fully saturated rings. The first kappa shape index (κ1) is 7.37. The lowest BCUT2D eigenvalue weighted by Gasteiger charge is -1.93. The second kappa shape index (κ2) is 2.64. The smallest absolute Gasteiger partial charge is 0.148 e. The molecule has 56 valence electrons. The Hall–Kier alpha value is -0.280. The third kappa shape index (κ3) is 1.23. The summed E-state index contributed by atoms with van der Waals surface area (Å²) in [4.78, 5) is 0. The third-order valence-corrected chi connectivity index (χ3v) is 2.52. The van der Waals surface area contributed by atoms with Crippen LogP contribution in [0.3, 0.4) is 0 Å². The van der Waals surface area contributed by atoms with Crippen LogP contribution in [0.15, 0.2) is 37.8 Å². The van der Waals surface area contributed by atoms with Crippen LogP contribution in [0.5, 0.6) is 0 Å². The van der Waals surface area contributed by atoms with Gasteiger partial charge in [-0.05, 0) is 34.1 Å². The van der Waals surface area contributed by atoms with E-state index in [0.717, 1.165) is 19.9 Å². The molecular weight excluding hydrogens is 272 g/mol. The Bertz CT molecular complexity index is 392. The fourth-order valence-electron chi connectivity index (χ4n) is 1.00. The molecule has 1 nitrogen and oxygen atoms in total.